The van der Waals surface area contributed by atoms with Gasteiger partial charge in [-0.05, 0) is 30.7 Å². The number of benzene rings is 1. The Balaban J connectivity index is 1.76. The van der Waals surface area contributed by atoms with Gasteiger partial charge in [-0.1, -0.05) is 0 Å². The highest BCUT2D eigenvalue weighted by Crippen LogP contribution is 2.18. The van der Waals surface area contributed by atoms with Gasteiger partial charge in [-0.15, -0.1) is 0 Å². The van der Waals surface area contributed by atoms with Gasteiger partial charge in [-0.3, -0.25) is 4.79 Å². The predicted octanol–water partition coefficient (Wildman–Crippen LogP) is 0.427. The number of hydrogen-bond acceptors (Lipinski definition) is 3. The van der Waals surface area contributed by atoms with E-state index in [9.17, 15) is 9.59 Å². The number of piperazine rings is 1. The molecule has 0 radical (unpaired) electrons. The van der Waals surface area contributed by atoms with E-state index in [1.54, 1.807) is 15.9 Å². The second kappa shape index (κ2) is 4.70. The van der Waals surface area contributed by atoms with Gasteiger partial charge in [0.1, 0.15) is 0 Å². The fourth-order valence-corrected chi connectivity index (χ4v) is 2.91. The van der Waals surface area contributed by atoms with Crippen LogP contribution in [0, 0.1) is 6.92 Å². The number of nitrogens with zero attached hydrogens (tertiary/aromatic N) is 2. The lowest BCUT2D eigenvalue weighted by atomic mass is 10.1. The van der Waals surface area contributed by atoms with Crippen molar-refractivity contribution in [1.29, 1.82) is 0 Å². The van der Waals surface area contributed by atoms with E-state index >= 15 is 0 Å². The van der Waals surface area contributed by atoms with E-state index in [1.165, 1.54) is 0 Å². The van der Waals surface area contributed by atoms with E-state index in [2.05, 4.69) is 5.32 Å². The lowest BCUT2D eigenvalue weighted by Crippen LogP contribution is -2.53. The third-order valence-electron chi connectivity index (χ3n) is 3.87. The zero-order valence-corrected chi connectivity index (χ0v) is 11.4. The summed E-state index contributed by atoms with van der Waals surface area (Å²) in [6, 6.07) is 5.46. The summed E-state index contributed by atoms with van der Waals surface area (Å²) in [6.45, 7) is 4.26. The Kier molecular flexibility index (Phi) is 3.00. The van der Waals surface area contributed by atoms with Gasteiger partial charge >= 0.3 is 6.03 Å². The second-order valence-corrected chi connectivity index (χ2v) is 5.42. The Morgan fingerprint density at radius 3 is 2.90 bits per heavy atom. The standard InChI is InChI=1S/C14H18N4O2/c1-9-4-10(6-11(15)5-9)13(19)17-2-3-18-12(8-17)7-16-14(18)20/h4-6,12H,2-3,7-8,15H2,1H3,(H,16,20). The van der Waals surface area contributed by atoms with Crippen LogP contribution in [0.5, 0.6) is 0 Å². The van der Waals surface area contributed by atoms with E-state index < -0.39 is 0 Å². The molecular weight excluding hydrogens is 256 g/mol. The highest BCUT2D eigenvalue weighted by Gasteiger charge is 2.37. The molecule has 1 atom stereocenters. The minimum Gasteiger partial charge on any atom is -0.399 e. The molecule has 3 amide bonds. The van der Waals surface area contributed by atoms with Crippen LogP contribution < -0.4 is 11.1 Å². The number of nitrogens with two attached hydrogens (primary N) is 1. The summed E-state index contributed by atoms with van der Waals surface area (Å²) >= 11 is 0. The molecule has 0 aromatic heterocycles. The van der Waals surface area contributed by atoms with Gasteiger partial charge in [0.05, 0.1) is 6.04 Å². The minimum absolute atomic E-state index is 0.0144. The molecule has 1 unspecified atom stereocenters. The summed E-state index contributed by atoms with van der Waals surface area (Å²) in [6.07, 6.45) is 0. The number of carbonyl (C=O) groups excluding carboxylic acids is 2. The van der Waals surface area contributed by atoms with Crippen molar-refractivity contribution in [3.63, 3.8) is 0 Å². The number of carbonyl (C=O) groups is 2. The molecule has 3 N–H and O–H groups in total. The van der Waals surface area contributed by atoms with E-state index in [-0.39, 0.29) is 18.0 Å². The molecule has 20 heavy (non-hydrogen) atoms. The molecular formula is C14H18N4O2. The minimum atomic E-state index is -0.0260. The Morgan fingerprint density at radius 1 is 1.35 bits per heavy atom. The molecule has 6 heteroatoms. The molecule has 1 aromatic rings. The molecule has 3 rings (SSSR count). The average Bonchev–Trinajstić information content (AvgIpc) is 2.78. The highest BCUT2D eigenvalue weighted by molar-refractivity contribution is 5.95. The van der Waals surface area contributed by atoms with Crippen LogP contribution in [-0.4, -0.2) is 54.0 Å². The van der Waals surface area contributed by atoms with Crippen LogP contribution in [-0.2, 0) is 0 Å². The summed E-state index contributed by atoms with van der Waals surface area (Å²) in [5.74, 6) is -0.0144. The lowest BCUT2D eigenvalue weighted by molar-refractivity contribution is 0.0617. The molecule has 1 aromatic carbocycles. The smallest absolute Gasteiger partial charge is 0.317 e. The van der Waals surface area contributed by atoms with Crippen molar-refractivity contribution in [3.8, 4) is 0 Å². The Bertz CT molecular complexity index is 552. The third-order valence-corrected chi connectivity index (χ3v) is 3.87. The molecule has 0 spiro atoms. The highest BCUT2D eigenvalue weighted by atomic mass is 16.2. The zero-order chi connectivity index (χ0) is 14.3. The molecule has 106 valence electrons. The molecule has 2 fully saturated rings. The third kappa shape index (κ3) is 2.17. The van der Waals surface area contributed by atoms with Crippen molar-refractivity contribution in [2.24, 2.45) is 0 Å². The van der Waals surface area contributed by atoms with Gasteiger partial charge in [-0.25, -0.2) is 4.79 Å². The van der Waals surface area contributed by atoms with E-state index in [4.69, 9.17) is 5.73 Å². The molecule has 2 saturated heterocycles. The summed E-state index contributed by atoms with van der Waals surface area (Å²) in [5.41, 5.74) is 7.99. The summed E-state index contributed by atoms with van der Waals surface area (Å²) < 4.78 is 0. The second-order valence-electron chi connectivity index (χ2n) is 5.42. The van der Waals surface area contributed by atoms with Crippen LogP contribution in [0.4, 0.5) is 10.5 Å². The summed E-state index contributed by atoms with van der Waals surface area (Å²) in [5, 5.41) is 2.81. The van der Waals surface area contributed by atoms with Crippen LogP contribution in [0.25, 0.3) is 0 Å². The van der Waals surface area contributed by atoms with Crippen LogP contribution in [0.2, 0.25) is 0 Å². The van der Waals surface area contributed by atoms with Crippen molar-refractivity contribution < 1.29 is 9.59 Å². The molecule has 0 bridgehead atoms. The number of hydrogen-bond donors (Lipinski definition) is 2. The number of nitrogens with one attached hydrogen (secondary N) is 1. The van der Waals surface area contributed by atoms with Crippen LogP contribution in [0.1, 0.15) is 15.9 Å². The SMILES string of the molecule is Cc1cc(N)cc(C(=O)N2CCN3C(=O)NCC3C2)c1. The van der Waals surface area contributed by atoms with Gasteiger partial charge in [0.25, 0.3) is 5.91 Å². The number of nitrogen functional groups attached to an aromatic ring is 1. The topological polar surface area (TPSA) is 78.7 Å². The van der Waals surface area contributed by atoms with Crippen molar-refractivity contribution in [3.05, 3.63) is 29.3 Å². The molecule has 2 aliphatic heterocycles. The molecule has 0 saturated carbocycles. The molecule has 2 aliphatic rings. The van der Waals surface area contributed by atoms with Gasteiger partial charge in [0.2, 0.25) is 0 Å². The van der Waals surface area contributed by atoms with Crippen LogP contribution in [0.3, 0.4) is 0 Å². The van der Waals surface area contributed by atoms with Gasteiger partial charge in [0.15, 0.2) is 0 Å². The number of fused-ring (bicyclic) bond motifs is 1. The quantitative estimate of drug-likeness (QED) is 0.729. The largest absolute Gasteiger partial charge is 0.399 e. The first kappa shape index (κ1) is 12.8. The normalized spacial score (nSPS) is 21.6. The van der Waals surface area contributed by atoms with Crippen molar-refractivity contribution in [2.75, 3.05) is 31.9 Å². The van der Waals surface area contributed by atoms with Crippen molar-refractivity contribution in [1.82, 2.24) is 15.1 Å². The number of rotatable bonds is 1. The van der Waals surface area contributed by atoms with E-state index in [1.807, 2.05) is 19.1 Å². The lowest BCUT2D eigenvalue weighted by Gasteiger charge is -2.36. The van der Waals surface area contributed by atoms with Gasteiger partial charge in [-0.2, -0.15) is 0 Å². The maximum Gasteiger partial charge on any atom is 0.317 e. The number of urea groups is 1. The monoisotopic (exact) mass is 274 g/mol. The summed E-state index contributed by atoms with van der Waals surface area (Å²) in [7, 11) is 0. The molecule has 6 nitrogen and oxygen atoms in total. The summed E-state index contributed by atoms with van der Waals surface area (Å²) in [4.78, 5) is 27.7. The van der Waals surface area contributed by atoms with Gasteiger partial charge < -0.3 is 20.9 Å². The molecule has 2 heterocycles. The van der Waals surface area contributed by atoms with E-state index in [0.29, 0.717) is 37.4 Å². The van der Waals surface area contributed by atoms with Crippen LogP contribution in [0.15, 0.2) is 18.2 Å². The fraction of sp³-hybridized carbons (Fsp3) is 0.429. The van der Waals surface area contributed by atoms with Crippen LogP contribution >= 0.6 is 0 Å². The fourth-order valence-electron chi connectivity index (χ4n) is 2.91. The predicted molar refractivity (Wildman–Crippen MR) is 75.4 cm³/mol. The van der Waals surface area contributed by atoms with Crippen molar-refractivity contribution >= 4 is 17.6 Å². The Labute approximate surface area is 117 Å². The first-order valence-electron chi connectivity index (χ1n) is 6.75. The first-order chi connectivity index (χ1) is 9.54. The van der Waals surface area contributed by atoms with E-state index in [0.717, 1.165) is 5.56 Å². The maximum atomic E-state index is 12.5. The first-order valence-corrected chi connectivity index (χ1v) is 6.75. The maximum absolute atomic E-state index is 12.5. The Morgan fingerprint density at radius 2 is 2.15 bits per heavy atom. The number of anilines is 1. The number of aryl methyl sites for hydroxylation is 1. The Hall–Kier alpha value is -2.24. The molecule has 0 aliphatic carbocycles. The van der Waals surface area contributed by atoms with Crippen molar-refractivity contribution in [2.45, 2.75) is 13.0 Å². The zero-order valence-electron chi connectivity index (χ0n) is 11.4. The number of amides is 3. The average molecular weight is 274 g/mol. The van der Waals surface area contributed by atoms with Gasteiger partial charge in [0, 0.05) is 37.4 Å².